The van der Waals surface area contributed by atoms with Crippen molar-refractivity contribution in [1.82, 2.24) is 10.2 Å². The molecule has 0 spiro atoms. The Balaban J connectivity index is 0.000000561. The van der Waals surface area contributed by atoms with E-state index in [2.05, 4.69) is 5.32 Å². The van der Waals surface area contributed by atoms with Crippen molar-refractivity contribution < 1.29 is 9.59 Å². The van der Waals surface area contributed by atoms with Gasteiger partial charge in [-0.15, -0.1) is 0 Å². The summed E-state index contributed by atoms with van der Waals surface area (Å²) in [5.41, 5.74) is -0.716. The quantitative estimate of drug-likeness (QED) is 0.553. The van der Waals surface area contributed by atoms with Crippen molar-refractivity contribution in [3.05, 3.63) is 0 Å². The largest absolute Gasteiger partial charge is 0.324 e. The molecule has 3 amide bonds. The van der Waals surface area contributed by atoms with Gasteiger partial charge in [0.05, 0.1) is 0 Å². The maximum Gasteiger partial charge on any atom is 0.324 e. The van der Waals surface area contributed by atoms with E-state index in [1.54, 1.807) is 13.8 Å². The van der Waals surface area contributed by atoms with Gasteiger partial charge in [0.1, 0.15) is 5.54 Å². The number of carbonyl (C=O) groups excluding carboxylic acids is 2. The smallest absolute Gasteiger partial charge is 0.324 e. The number of rotatable bonds is 0. The van der Waals surface area contributed by atoms with Crippen LogP contribution >= 0.6 is 0 Å². The second-order valence-corrected chi connectivity index (χ2v) is 2.92. The summed E-state index contributed by atoms with van der Waals surface area (Å²) in [6, 6.07) is -0.324. The molecule has 0 bridgehead atoms. The Bertz CT molecular complexity index is 199. The van der Waals surface area contributed by atoms with Crippen LogP contribution in [0.4, 0.5) is 4.79 Å². The van der Waals surface area contributed by atoms with Gasteiger partial charge in [-0.2, -0.15) is 0 Å². The second-order valence-electron chi connectivity index (χ2n) is 2.92. The van der Waals surface area contributed by atoms with Crippen molar-refractivity contribution in [1.29, 1.82) is 0 Å². The highest BCUT2D eigenvalue weighted by Gasteiger charge is 2.41. The number of carbonyl (C=O) groups is 2. The number of hydrogen-bond donors (Lipinski definition) is 1. The van der Waals surface area contributed by atoms with Crippen molar-refractivity contribution in [2.24, 2.45) is 0 Å². The van der Waals surface area contributed by atoms with Crippen LogP contribution in [0, 0.1) is 0 Å². The lowest BCUT2D eigenvalue weighted by Gasteiger charge is -2.12. The van der Waals surface area contributed by atoms with Crippen molar-refractivity contribution >= 4 is 11.9 Å². The van der Waals surface area contributed by atoms with E-state index in [9.17, 15) is 9.59 Å². The normalized spacial score (nSPS) is 19.9. The first-order valence-electron chi connectivity index (χ1n) is 4.05. The summed E-state index contributed by atoms with van der Waals surface area (Å²) in [6.45, 7) is 7.35. The van der Waals surface area contributed by atoms with Crippen molar-refractivity contribution in [2.45, 2.75) is 33.2 Å². The topological polar surface area (TPSA) is 49.4 Å². The van der Waals surface area contributed by atoms with Crippen LogP contribution in [0.3, 0.4) is 0 Å². The zero-order valence-electron chi connectivity index (χ0n) is 8.26. The zero-order valence-corrected chi connectivity index (χ0v) is 8.26. The molecule has 0 unspecified atom stereocenters. The summed E-state index contributed by atoms with van der Waals surface area (Å²) in [6.07, 6.45) is 0. The van der Waals surface area contributed by atoms with E-state index in [1.807, 2.05) is 13.8 Å². The lowest BCUT2D eigenvalue weighted by molar-refractivity contribution is -0.129. The molecule has 0 aliphatic carbocycles. The predicted molar refractivity (Wildman–Crippen MR) is 46.7 cm³/mol. The summed E-state index contributed by atoms with van der Waals surface area (Å²) in [7, 11) is 1.46. The second kappa shape index (κ2) is 3.56. The lowest BCUT2D eigenvalue weighted by atomic mass is 10.1. The number of imide groups is 1. The van der Waals surface area contributed by atoms with E-state index in [-0.39, 0.29) is 11.9 Å². The molecular formula is C8H16N2O2. The van der Waals surface area contributed by atoms with Crippen molar-refractivity contribution in [3.8, 4) is 0 Å². The van der Waals surface area contributed by atoms with Gasteiger partial charge in [-0.3, -0.25) is 9.69 Å². The van der Waals surface area contributed by atoms with Crippen LogP contribution in [0.5, 0.6) is 0 Å². The molecular weight excluding hydrogens is 156 g/mol. The van der Waals surface area contributed by atoms with Gasteiger partial charge in [-0.25, -0.2) is 4.79 Å². The van der Waals surface area contributed by atoms with Gasteiger partial charge in [0, 0.05) is 7.05 Å². The molecule has 1 aliphatic heterocycles. The van der Waals surface area contributed by atoms with E-state index in [0.717, 1.165) is 4.90 Å². The van der Waals surface area contributed by atoms with Gasteiger partial charge in [-0.05, 0) is 13.8 Å². The molecule has 1 rings (SSSR count). The Morgan fingerprint density at radius 1 is 1.25 bits per heavy atom. The third-order valence-corrected chi connectivity index (χ3v) is 1.56. The van der Waals surface area contributed by atoms with Crippen LogP contribution in [0.2, 0.25) is 0 Å². The Hall–Kier alpha value is -1.06. The maximum absolute atomic E-state index is 11.1. The summed E-state index contributed by atoms with van der Waals surface area (Å²) < 4.78 is 0. The van der Waals surface area contributed by atoms with Crippen LogP contribution in [-0.2, 0) is 4.79 Å². The number of likely N-dealkylation sites (N-methyl/N-ethyl adjacent to an activating group) is 1. The summed E-state index contributed by atoms with van der Waals surface area (Å²) in [5, 5.41) is 2.53. The van der Waals surface area contributed by atoms with Crippen LogP contribution in [0.1, 0.15) is 27.7 Å². The molecule has 0 saturated carbocycles. The molecule has 0 aromatic rings. The first-order chi connectivity index (χ1) is 5.45. The van der Waals surface area contributed by atoms with Gasteiger partial charge < -0.3 is 5.32 Å². The molecule has 0 aromatic heterocycles. The summed E-state index contributed by atoms with van der Waals surface area (Å²) >= 11 is 0. The number of nitrogens with one attached hydrogen (secondary N) is 1. The van der Waals surface area contributed by atoms with E-state index >= 15 is 0 Å². The van der Waals surface area contributed by atoms with Gasteiger partial charge >= 0.3 is 6.03 Å². The fraction of sp³-hybridized carbons (Fsp3) is 0.750. The summed E-state index contributed by atoms with van der Waals surface area (Å²) in [4.78, 5) is 23.0. The van der Waals surface area contributed by atoms with Crippen LogP contribution in [-0.4, -0.2) is 29.4 Å². The highest BCUT2D eigenvalue weighted by Crippen LogP contribution is 2.13. The molecule has 4 nitrogen and oxygen atoms in total. The number of hydrogen-bond acceptors (Lipinski definition) is 2. The first kappa shape index (κ1) is 10.9. The third-order valence-electron chi connectivity index (χ3n) is 1.56. The van der Waals surface area contributed by atoms with Gasteiger partial charge in [0.15, 0.2) is 0 Å². The average Bonchev–Trinajstić information content (AvgIpc) is 2.19. The zero-order chi connectivity index (χ0) is 9.94. The van der Waals surface area contributed by atoms with E-state index in [0.29, 0.717) is 0 Å². The molecule has 70 valence electrons. The Morgan fingerprint density at radius 3 is 1.75 bits per heavy atom. The highest BCUT2D eigenvalue weighted by molar-refractivity contribution is 6.06. The lowest BCUT2D eigenvalue weighted by Crippen LogP contribution is -2.39. The third kappa shape index (κ3) is 1.75. The molecule has 1 saturated heterocycles. The Labute approximate surface area is 72.9 Å². The maximum atomic E-state index is 11.1. The minimum Gasteiger partial charge on any atom is -0.324 e. The van der Waals surface area contributed by atoms with Crippen LogP contribution in [0.25, 0.3) is 0 Å². The molecule has 0 radical (unpaired) electrons. The fourth-order valence-corrected chi connectivity index (χ4v) is 0.916. The average molecular weight is 172 g/mol. The number of amides is 3. The van der Waals surface area contributed by atoms with E-state index < -0.39 is 5.54 Å². The minimum absolute atomic E-state index is 0.183. The first-order valence-corrected chi connectivity index (χ1v) is 4.05. The van der Waals surface area contributed by atoms with E-state index in [1.165, 1.54) is 7.05 Å². The van der Waals surface area contributed by atoms with Gasteiger partial charge in [0.25, 0.3) is 5.91 Å². The monoisotopic (exact) mass is 172 g/mol. The molecule has 1 aliphatic rings. The van der Waals surface area contributed by atoms with Gasteiger partial charge in [0.2, 0.25) is 0 Å². The van der Waals surface area contributed by atoms with E-state index in [4.69, 9.17) is 0 Å². The Kier molecular flexibility index (Phi) is 3.24. The molecule has 0 atom stereocenters. The molecule has 4 heteroatoms. The number of nitrogens with zero attached hydrogens (tertiary/aromatic N) is 1. The van der Waals surface area contributed by atoms with Crippen LogP contribution < -0.4 is 5.32 Å². The van der Waals surface area contributed by atoms with Crippen molar-refractivity contribution in [3.63, 3.8) is 0 Å². The molecule has 1 N–H and O–H groups in total. The molecule has 0 aromatic carbocycles. The molecule has 1 fully saturated rings. The molecule has 1 heterocycles. The SMILES string of the molecule is CC.CN1C(=O)NC(C)(C)C1=O. The van der Waals surface area contributed by atoms with Crippen LogP contribution in [0.15, 0.2) is 0 Å². The van der Waals surface area contributed by atoms with Crippen molar-refractivity contribution in [2.75, 3.05) is 7.05 Å². The molecule has 12 heavy (non-hydrogen) atoms. The van der Waals surface area contributed by atoms with Gasteiger partial charge in [-0.1, -0.05) is 13.8 Å². The number of urea groups is 1. The standard InChI is InChI=1S/C6H10N2O2.C2H6/c1-6(2)4(9)8(3)5(10)7-6;1-2/h1-3H3,(H,7,10);1-2H3. The highest BCUT2D eigenvalue weighted by atomic mass is 16.2. The summed E-state index contributed by atoms with van der Waals surface area (Å²) in [5.74, 6) is -0.183. The fourth-order valence-electron chi connectivity index (χ4n) is 0.916. The predicted octanol–water partition coefficient (Wildman–Crippen LogP) is 0.973. The minimum atomic E-state index is -0.716. The Morgan fingerprint density at radius 2 is 1.67 bits per heavy atom.